The fourth-order valence-corrected chi connectivity index (χ4v) is 5.22. The van der Waals surface area contributed by atoms with Crippen LogP contribution in [-0.2, 0) is 15.6 Å². The number of hydrogen-bond acceptors (Lipinski definition) is 4. The molecule has 4 rings (SSSR count). The number of aromatic nitrogens is 2. The van der Waals surface area contributed by atoms with Crippen molar-refractivity contribution in [3.05, 3.63) is 33.6 Å². The molecule has 1 saturated carbocycles. The number of carbonyl (C=O) groups is 1. The molecule has 7 heteroatoms. The minimum Gasteiger partial charge on any atom is -0.289 e. The van der Waals surface area contributed by atoms with Crippen LogP contribution in [0.1, 0.15) is 45.0 Å². The first kappa shape index (κ1) is 18.0. The molecule has 2 bridgehead atoms. The van der Waals surface area contributed by atoms with Crippen LogP contribution in [-0.4, -0.2) is 35.0 Å². The van der Waals surface area contributed by atoms with Gasteiger partial charge in [0.1, 0.15) is 5.41 Å². The smallest absolute Gasteiger partial charge is 0.247 e. The molecule has 1 heterocycles. The van der Waals surface area contributed by atoms with Crippen LogP contribution in [0.25, 0.3) is 11.0 Å². The highest BCUT2D eigenvalue weighted by molar-refractivity contribution is 6.42. The van der Waals surface area contributed by atoms with Gasteiger partial charge in [-0.2, -0.15) is 0 Å². The standard InChI is InChI=1S/C19H22Cl2N4O/c1-17(2)18(3)6-7-19(17,16(26)24-25(4)5)15-14(18)22-12-8-10(20)11(21)9-13(12)23-15/h8-9H,6-7H2,1-5H3,(H,24,26). The molecule has 1 amide bonds. The molecular formula is C19H22Cl2N4O. The largest absolute Gasteiger partial charge is 0.289 e. The predicted octanol–water partition coefficient (Wildman–Crippen LogP) is 3.86. The Morgan fingerprint density at radius 3 is 2.12 bits per heavy atom. The van der Waals surface area contributed by atoms with Crippen LogP contribution in [0.3, 0.4) is 0 Å². The van der Waals surface area contributed by atoms with Crippen molar-refractivity contribution in [3.8, 4) is 0 Å². The third-order valence-corrected chi connectivity index (χ3v) is 7.51. The molecule has 2 aromatic rings. The lowest BCUT2D eigenvalue weighted by atomic mass is 9.63. The van der Waals surface area contributed by atoms with Gasteiger partial charge >= 0.3 is 0 Å². The van der Waals surface area contributed by atoms with E-state index in [1.165, 1.54) is 0 Å². The second kappa shape index (κ2) is 5.31. The van der Waals surface area contributed by atoms with Crippen molar-refractivity contribution in [2.24, 2.45) is 5.41 Å². The second-order valence-electron chi connectivity index (χ2n) is 8.37. The SMILES string of the molecule is CN(C)NC(=O)C12CCC(C)(c3nc4cc(Cl)c(Cl)cc4nc31)C2(C)C. The lowest BCUT2D eigenvalue weighted by Crippen LogP contribution is -2.54. The van der Waals surface area contributed by atoms with Crippen molar-refractivity contribution in [1.29, 1.82) is 0 Å². The number of amides is 1. The molecule has 1 N–H and O–H groups in total. The van der Waals surface area contributed by atoms with Gasteiger partial charge in [-0.3, -0.25) is 10.2 Å². The third-order valence-electron chi connectivity index (χ3n) is 6.79. The summed E-state index contributed by atoms with van der Waals surface area (Å²) in [5, 5.41) is 2.58. The molecule has 2 atom stereocenters. The highest BCUT2D eigenvalue weighted by Crippen LogP contribution is 2.70. The first-order valence-electron chi connectivity index (χ1n) is 8.71. The Morgan fingerprint density at radius 2 is 1.58 bits per heavy atom. The number of hydrogen-bond donors (Lipinski definition) is 1. The number of hydrazine groups is 1. The lowest BCUT2D eigenvalue weighted by molar-refractivity contribution is -0.134. The van der Waals surface area contributed by atoms with Crippen molar-refractivity contribution in [3.63, 3.8) is 0 Å². The first-order valence-corrected chi connectivity index (χ1v) is 9.46. The van der Waals surface area contributed by atoms with Gasteiger partial charge in [-0.15, -0.1) is 0 Å². The Morgan fingerprint density at radius 1 is 1.04 bits per heavy atom. The maximum absolute atomic E-state index is 13.3. The van der Waals surface area contributed by atoms with E-state index in [0.717, 1.165) is 24.2 Å². The van der Waals surface area contributed by atoms with Crippen molar-refractivity contribution < 1.29 is 4.79 Å². The van der Waals surface area contributed by atoms with E-state index in [1.54, 1.807) is 17.1 Å². The molecule has 1 aromatic heterocycles. The van der Waals surface area contributed by atoms with Gasteiger partial charge in [0, 0.05) is 19.5 Å². The van der Waals surface area contributed by atoms with Crippen LogP contribution < -0.4 is 5.43 Å². The van der Waals surface area contributed by atoms with Crippen LogP contribution in [0, 0.1) is 5.41 Å². The zero-order chi connectivity index (χ0) is 19.1. The summed E-state index contributed by atoms with van der Waals surface area (Å²) in [5.74, 6) is -0.0244. The summed E-state index contributed by atoms with van der Waals surface area (Å²) in [4.78, 5) is 23.2. The average Bonchev–Trinajstić information content (AvgIpc) is 2.83. The summed E-state index contributed by atoms with van der Waals surface area (Å²) in [6.45, 7) is 6.51. The Labute approximate surface area is 163 Å². The highest BCUT2D eigenvalue weighted by atomic mass is 35.5. The molecule has 26 heavy (non-hydrogen) atoms. The molecule has 2 aliphatic carbocycles. The van der Waals surface area contributed by atoms with E-state index >= 15 is 0 Å². The minimum atomic E-state index is -0.714. The van der Waals surface area contributed by atoms with E-state index < -0.39 is 5.41 Å². The molecule has 1 fully saturated rings. The summed E-state index contributed by atoms with van der Waals surface area (Å²) in [6, 6.07) is 3.48. The van der Waals surface area contributed by atoms with Crippen LogP contribution in [0.4, 0.5) is 0 Å². The fourth-order valence-electron chi connectivity index (χ4n) is 4.90. The topological polar surface area (TPSA) is 58.1 Å². The number of halogens is 2. The van der Waals surface area contributed by atoms with E-state index in [2.05, 4.69) is 26.2 Å². The molecule has 0 spiro atoms. The van der Waals surface area contributed by atoms with E-state index in [0.29, 0.717) is 21.1 Å². The molecule has 5 nitrogen and oxygen atoms in total. The molecule has 1 aromatic carbocycles. The second-order valence-corrected chi connectivity index (χ2v) is 9.19. The van der Waals surface area contributed by atoms with Gasteiger partial charge in [0.25, 0.3) is 0 Å². The molecule has 0 saturated heterocycles. The fraction of sp³-hybridized carbons (Fsp3) is 0.526. The van der Waals surface area contributed by atoms with E-state index in [4.69, 9.17) is 33.2 Å². The normalized spacial score (nSPS) is 28.6. The number of benzene rings is 1. The quantitative estimate of drug-likeness (QED) is 0.788. The van der Waals surface area contributed by atoms with Gasteiger partial charge < -0.3 is 0 Å². The van der Waals surface area contributed by atoms with Crippen molar-refractivity contribution in [1.82, 2.24) is 20.4 Å². The van der Waals surface area contributed by atoms with Crippen LogP contribution >= 0.6 is 23.2 Å². The van der Waals surface area contributed by atoms with Gasteiger partial charge in [0.2, 0.25) is 5.91 Å². The monoisotopic (exact) mass is 392 g/mol. The molecule has 0 radical (unpaired) electrons. The van der Waals surface area contributed by atoms with E-state index in [1.807, 2.05) is 14.1 Å². The van der Waals surface area contributed by atoms with Crippen molar-refractivity contribution in [2.45, 2.75) is 44.4 Å². The summed E-state index contributed by atoms with van der Waals surface area (Å²) < 4.78 is 0. The number of nitrogens with one attached hydrogen (secondary N) is 1. The Balaban J connectivity index is 2.03. The summed E-state index contributed by atoms with van der Waals surface area (Å²) in [7, 11) is 3.64. The van der Waals surface area contributed by atoms with Gasteiger partial charge in [-0.1, -0.05) is 44.0 Å². The van der Waals surface area contributed by atoms with Crippen LogP contribution in [0.15, 0.2) is 12.1 Å². The van der Waals surface area contributed by atoms with Gasteiger partial charge in [-0.05, 0) is 30.4 Å². The zero-order valence-electron chi connectivity index (χ0n) is 15.6. The number of nitrogens with zero attached hydrogens (tertiary/aromatic N) is 3. The van der Waals surface area contributed by atoms with Crippen LogP contribution in [0.5, 0.6) is 0 Å². The summed E-state index contributed by atoms with van der Waals surface area (Å²) in [5.41, 5.74) is 4.79. The molecule has 138 valence electrons. The first-order chi connectivity index (χ1) is 12.0. The third kappa shape index (κ3) is 1.94. The maximum Gasteiger partial charge on any atom is 0.247 e. The predicted molar refractivity (Wildman–Crippen MR) is 103 cm³/mol. The number of fused-ring (bicyclic) bond motifs is 6. The average molecular weight is 393 g/mol. The minimum absolute atomic E-state index is 0.0244. The highest BCUT2D eigenvalue weighted by Gasteiger charge is 2.73. The van der Waals surface area contributed by atoms with Crippen LogP contribution in [0.2, 0.25) is 10.0 Å². The Bertz CT molecular complexity index is 958. The summed E-state index contributed by atoms with van der Waals surface area (Å²) >= 11 is 12.4. The van der Waals surface area contributed by atoms with Gasteiger partial charge in [0.15, 0.2) is 0 Å². The van der Waals surface area contributed by atoms with E-state index in [9.17, 15) is 4.79 Å². The number of rotatable bonds is 2. The van der Waals surface area contributed by atoms with Gasteiger partial charge in [-0.25, -0.2) is 15.0 Å². The molecule has 2 unspecified atom stereocenters. The summed E-state index contributed by atoms with van der Waals surface area (Å²) in [6.07, 6.45) is 1.65. The lowest BCUT2D eigenvalue weighted by Gasteiger charge is -2.39. The van der Waals surface area contributed by atoms with Crippen molar-refractivity contribution in [2.75, 3.05) is 14.1 Å². The molecule has 2 aliphatic rings. The Kier molecular flexibility index (Phi) is 3.66. The molecule has 0 aliphatic heterocycles. The molecular weight excluding hydrogens is 371 g/mol. The van der Waals surface area contributed by atoms with E-state index in [-0.39, 0.29) is 16.7 Å². The number of carbonyl (C=O) groups excluding carboxylic acids is 1. The maximum atomic E-state index is 13.3. The van der Waals surface area contributed by atoms with Crippen molar-refractivity contribution >= 4 is 40.1 Å². The Hall–Kier alpha value is -1.43. The zero-order valence-corrected chi connectivity index (χ0v) is 17.1. The van der Waals surface area contributed by atoms with Gasteiger partial charge in [0.05, 0.1) is 32.5 Å².